The van der Waals surface area contributed by atoms with Crippen LogP contribution >= 0.6 is 0 Å². The van der Waals surface area contributed by atoms with Gasteiger partial charge < -0.3 is 10.1 Å². The number of rotatable bonds is 7. The minimum Gasteiger partial charge on any atom is -0.377 e. The van der Waals surface area contributed by atoms with Crippen molar-refractivity contribution in [1.29, 1.82) is 0 Å². The number of ether oxygens (including phenoxy) is 1. The Morgan fingerprint density at radius 1 is 1.26 bits per heavy atom. The van der Waals surface area contributed by atoms with Crippen molar-refractivity contribution in [3.63, 3.8) is 0 Å². The van der Waals surface area contributed by atoms with Crippen LogP contribution in [-0.4, -0.2) is 19.3 Å². The van der Waals surface area contributed by atoms with E-state index in [2.05, 4.69) is 42.6 Å². The van der Waals surface area contributed by atoms with E-state index in [0.29, 0.717) is 12.1 Å². The van der Waals surface area contributed by atoms with Crippen LogP contribution in [0, 0.1) is 0 Å². The summed E-state index contributed by atoms with van der Waals surface area (Å²) in [4.78, 5) is 0. The molecule has 2 unspecified atom stereocenters. The highest BCUT2D eigenvalue weighted by Gasteiger charge is 2.16. The zero-order valence-corrected chi connectivity index (χ0v) is 12.1. The van der Waals surface area contributed by atoms with Crippen LogP contribution in [0.3, 0.4) is 0 Å². The zero-order valence-electron chi connectivity index (χ0n) is 12.1. The van der Waals surface area contributed by atoms with Crippen LogP contribution in [0.2, 0.25) is 0 Å². The molecule has 2 nitrogen and oxygen atoms in total. The van der Waals surface area contributed by atoms with Crippen LogP contribution in [-0.2, 0) is 4.74 Å². The maximum absolute atomic E-state index is 5.81. The zero-order chi connectivity index (χ0) is 13.3. The summed E-state index contributed by atoms with van der Waals surface area (Å²) >= 11 is 0. The van der Waals surface area contributed by atoms with Crippen LogP contribution in [0.1, 0.15) is 57.1 Å². The Hall–Kier alpha value is -0.860. The van der Waals surface area contributed by atoms with E-state index >= 15 is 0 Å². The van der Waals surface area contributed by atoms with Crippen LogP contribution in [0.25, 0.3) is 0 Å². The van der Waals surface area contributed by atoms with Gasteiger partial charge in [0, 0.05) is 19.2 Å². The van der Waals surface area contributed by atoms with Crippen LogP contribution < -0.4 is 5.32 Å². The number of hydrogen-bond acceptors (Lipinski definition) is 2. The molecule has 1 aromatic carbocycles. The van der Waals surface area contributed by atoms with E-state index in [1.807, 2.05) is 0 Å². The van der Waals surface area contributed by atoms with Gasteiger partial charge in [-0.1, -0.05) is 50.1 Å². The lowest BCUT2D eigenvalue weighted by molar-refractivity contribution is 0.0151. The van der Waals surface area contributed by atoms with Gasteiger partial charge in [0.25, 0.3) is 0 Å². The van der Waals surface area contributed by atoms with Crippen molar-refractivity contribution in [2.45, 2.75) is 57.6 Å². The number of hydrogen-bond donors (Lipinski definition) is 1. The quantitative estimate of drug-likeness (QED) is 0.798. The van der Waals surface area contributed by atoms with Crippen molar-refractivity contribution in [2.75, 3.05) is 13.2 Å². The van der Waals surface area contributed by atoms with Crippen molar-refractivity contribution >= 4 is 0 Å². The third kappa shape index (κ3) is 4.96. The van der Waals surface area contributed by atoms with Gasteiger partial charge in [0.2, 0.25) is 0 Å². The van der Waals surface area contributed by atoms with Crippen molar-refractivity contribution in [1.82, 2.24) is 5.32 Å². The van der Waals surface area contributed by atoms with E-state index < -0.39 is 0 Å². The number of unbranched alkanes of at least 4 members (excludes halogenated alkanes) is 1. The first kappa shape index (κ1) is 14.5. The third-order valence-corrected chi connectivity index (χ3v) is 3.91. The minimum atomic E-state index is 0.418. The Kier molecular flexibility index (Phi) is 6.38. The summed E-state index contributed by atoms with van der Waals surface area (Å²) in [5.41, 5.74) is 1.41. The molecular weight excluding hydrogens is 234 g/mol. The van der Waals surface area contributed by atoms with Gasteiger partial charge in [0.1, 0.15) is 0 Å². The fourth-order valence-electron chi connectivity index (χ4n) is 2.72. The Morgan fingerprint density at radius 3 is 2.79 bits per heavy atom. The molecule has 0 aliphatic carbocycles. The average molecular weight is 261 g/mol. The Labute approximate surface area is 117 Å². The van der Waals surface area contributed by atoms with Gasteiger partial charge in [-0.25, -0.2) is 0 Å². The fourth-order valence-corrected chi connectivity index (χ4v) is 2.72. The highest BCUT2D eigenvalue weighted by molar-refractivity contribution is 5.18. The highest BCUT2D eigenvalue weighted by atomic mass is 16.5. The molecule has 106 valence electrons. The SMILES string of the molecule is CCCCC(NCC1CCCCO1)c1ccccc1. The minimum absolute atomic E-state index is 0.418. The van der Waals surface area contributed by atoms with Gasteiger partial charge in [0.15, 0.2) is 0 Å². The standard InChI is InChI=1S/C17H27NO/c1-2-3-12-17(15-9-5-4-6-10-15)18-14-16-11-7-8-13-19-16/h4-6,9-10,16-18H,2-3,7-8,11-14H2,1H3. The van der Waals surface area contributed by atoms with E-state index in [9.17, 15) is 0 Å². The van der Waals surface area contributed by atoms with Crippen molar-refractivity contribution in [2.24, 2.45) is 0 Å². The summed E-state index contributed by atoms with van der Waals surface area (Å²) < 4.78 is 5.81. The Balaban J connectivity index is 1.86. The van der Waals surface area contributed by atoms with Crippen LogP contribution in [0.4, 0.5) is 0 Å². The lowest BCUT2D eigenvalue weighted by Gasteiger charge is -2.26. The number of benzene rings is 1. The summed E-state index contributed by atoms with van der Waals surface area (Å²) in [6.45, 7) is 4.19. The topological polar surface area (TPSA) is 21.3 Å². The second kappa shape index (κ2) is 8.34. The van der Waals surface area contributed by atoms with Gasteiger partial charge in [-0.05, 0) is 31.2 Å². The molecule has 0 amide bonds. The number of nitrogens with one attached hydrogen (secondary N) is 1. The molecule has 0 spiro atoms. The molecular formula is C17H27NO. The van der Waals surface area contributed by atoms with Crippen LogP contribution in [0.15, 0.2) is 30.3 Å². The molecule has 2 heteroatoms. The molecule has 1 aromatic rings. The average Bonchev–Trinajstić information content (AvgIpc) is 2.49. The van der Waals surface area contributed by atoms with Gasteiger partial charge in [-0.15, -0.1) is 0 Å². The Bertz CT molecular complexity index is 332. The maximum atomic E-state index is 5.81. The second-order valence-electron chi connectivity index (χ2n) is 5.50. The monoisotopic (exact) mass is 261 g/mol. The predicted octanol–water partition coefficient (Wildman–Crippen LogP) is 4.08. The lowest BCUT2D eigenvalue weighted by atomic mass is 10.0. The molecule has 0 saturated carbocycles. The van der Waals surface area contributed by atoms with E-state index in [0.717, 1.165) is 13.2 Å². The first-order chi connectivity index (χ1) is 9.40. The molecule has 0 radical (unpaired) electrons. The highest BCUT2D eigenvalue weighted by Crippen LogP contribution is 2.20. The van der Waals surface area contributed by atoms with E-state index in [1.165, 1.54) is 44.1 Å². The molecule has 1 aliphatic heterocycles. The van der Waals surface area contributed by atoms with Crippen molar-refractivity contribution < 1.29 is 4.74 Å². The van der Waals surface area contributed by atoms with Gasteiger partial charge in [-0.2, -0.15) is 0 Å². The van der Waals surface area contributed by atoms with E-state index in [1.54, 1.807) is 0 Å². The molecule has 2 rings (SSSR count). The summed E-state index contributed by atoms with van der Waals surface area (Å²) in [7, 11) is 0. The van der Waals surface area contributed by atoms with Gasteiger partial charge in [-0.3, -0.25) is 0 Å². The first-order valence-corrected chi connectivity index (χ1v) is 7.80. The molecule has 0 bridgehead atoms. The molecule has 1 fully saturated rings. The van der Waals surface area contributed by atoms with Crippen molar-refractivity contribution in [3.8, 4) is 0 Å². The van der Waals surface area contributed by atoms with E-state index in [-0.39, 0.29) is 0 Å². The second-order valence-corrected chi connectivity index (χ2v) is 5.50. The lowest BCUT2D eigenvalue weighted by Crippen LogP contribution is -2.34. The predicted molar refractivity (Wildman–Crippen MR) is 80.3 cm³/mol. The van der Waals surface area contributed by atoms with Crippen LogP contribution in [0.5, 0.6) is 0 Å². The normalized spacial score (nSPS) is 21.2. The first-order valence-electron chi connectivity index (χ1n) is 7.80. The molecule has 1 aliphatic rings. The Morgan fingerprint density at radius 2 is 2.11 bits per heavy atom. The summed E-state index contributed by atoms with van der Waals surface area (Å²) in [5.74, 6) is 0. The third-order valence-electron chi connectivity index (χ3n) is 3.91. The van der Waals surface area contributed by atoms with E-state index in [4.69, 9.17) is 4.74 Å². The molecule has 1 N–H and O–H groups in total. The smallest absolute Gasteiger partial charge is 0.0699 e. The summed E-state index contributed by atoms with van der Waals surface area (Å²) in [6, 6.07) is 11.3. The molecule has 0 aromatic heterocycles. The largest absolute Gasteiger partial charge is 0.377 e. The molecule has 1 heterocycles. The van der Waals surface area contributed by atoms with Gasteiger partial charge >= 0.3 is 0 Å². The summed E-state index contributed by atoms with van der Waals surface area (Å²) in [5, 5.41) is 3.72. The fraction of sp³-hybridized carbons (Fsp3) is 0.647. The molecule has 19 heavy (non-hydrogen) atoms. The van der Waals surface area contributed by atoms with Crippen molar-refractivity contribution in [3.05, 3.63) is 35.9 Å². The molecule has 1 saturated heterocycles. The maximum Gasteiger partial charge on any atom is 0.0699 e. The summed E-state index contributed by atoms with van der Waals surface area (Å²) in [6.07, 6.45) is 7.92. The van der Waals surface area contributed by atoms with Gasteiger partial charge in [0.05, 0.1) is 6.10 Å². The molecule has 2 atom stereocenters.